The summed E-state index contributed by atoms with van der Waals surface area (Å²) in [5.74, 6) is 2.51. The van der Waals surface area contributed by atoms with Crippen LogP contribution in [0, 0.1) is 0 Å². The maximum absolute atomic E-state index is 5.95. The summed E-state index contributed by atoms with van der Waals surface area (Å²) in [6, 6.07) is 20.6. The lowest BCUT2D eigenvalue weighted by Crippen LogP contribution is -2.33. The number of rotatable bonds is 7. The van der Waals surface area contributed by atoms with Crippen LogP contribution in [0.1, 0.15) is 43.5 Å². The molecule has 3 aromatic carbocycles. The molecule has 0 radical (unpaired) electrons. The third-order valence-corrected chi connectivity index (χ3v) is 6.41. The molecule has 186 valence electrons. The average molecular weight is 485 g/mol. The summed E-state index contributed by atoms with van der Waals surface area (Å²) in [7, 11) is 0. The maximum Gasteiger partial charge on any atom is 0.153 e. The van der Waals surface area contributed by atoms with Gasteiger partial charge < -0.3 is 31.6 Å². The van der Waals surface area contributed by atoms with Crippen LogP contribution >= 0.6 is 0 Å². The first-order chi connectivity index (χ1) is 17.4. The van der Waals surface area contributed by atoms with Gasteiger partial charge in [-0.2, -0.15) is 0 Å². The van der Waals surface area contributed by atoms with E-state index in [1.165, 1.54) is 11.1 Å². The fraction of sp³-hybridized carbons (Fsp3) is 0.286. The van der Waals surface area contributed by atoms with Crippen LogP contribution in [0.25, 0.3) is 0 Å². The number of hydrogen-bond donors (Lipinski definition) is 4. The minimum atomic E-state index is -0.205. The van der Waals surface area contributed by atoms with E-state index in [0.29, 0.717) is 11.7 Å². The van der Waals surface area contributed by atoms with Gasteiger partial charge in [0, 0.05) is 24.8 Å². The Morgan fingerprint density at radius 3 is 2.11 bits per heavy atom. The van der Waals surface area contributed by atoms with E-state index in [0.717, 1.165) is 47.2 Å². The summed E-state index contributed by atoms with van der Waals surface area (Å²) in [5.41, 5.74) is 17.9. The zero-order valence-electron chi connectivity index (χ0n) is 20.8. The molecule has 8 nitrogen and oxygen atoms in total. The van der Waals surface area contributed by atoms with E-state index < -0.39 is 0 Å². The molecule has 0 aliphatic carbocycles. The van der Waals surface area contributed by atoms with Crippen molar-refractivity contribution in [1.82, 2.24) is 5.32 Å². The zero-order valence-corrected chi connectivity index (χ0v) is 20.8. The van der Waals surface area contributed by atoms with Gasteiger partial charge in [0.2, 0.25) is 0 Å². The number of hydrogen-bond acceptors (Lipinski definition) is 8. The highest BCUT2D eigenvalue weighted by molar-refractivity contribution is 5.90. The molecule has 5 rings (SSSR count). The van der Waals surface area contributed by atoms with Gasteiger partial charge in [0.05, 0.1) is 0 Å². The van der Waals surface area contributed by atoms with Gasteiger partial charge in [0.25, 0.3) is 0 Å². The highest BCUT2D eigenvalue weighted by Gasteiger charge is 2.19. The van der Waals surface area contributed by atoms with Crippen LogP contribution in [0.3, 0.4) is 0 Å². The highest BCUT2D eigenvalue weighted by atomic mass is 16.5. The molecule has 3 unspecified atom stereocenters. The molecule has 0 aromatic heterocycles. The van der Waals surface area contributed by atoms with Crippen molar-refractivity contribution in [3.63, 3.8) is 0 Å². The van der Waals surface area contributed by atoms with Crippen LogP contribution in [0.2, 0.25) is 0 Å². The molecule has 2 aliphatic heterocycles. The second-order valence-electron chi connectivity index (χ2n) is 9.29. The molecule has 3 aromatic rings. The van der Waals surface area contributed by atoms with E-state index in [2.05, 4.69) is 57.9 Å². The average Bonchev–Trinajstić information content (AvgIpc) is 2.86. The molecule has 36 heavy (non-hydrogen) atoms. The monoisotopic (exact) mass is 484 g/mol. The second kappa shape index (κ2) is 9.91. The van der Waals surface area contributed by atoms with Crippen molar-refractivity contribution in [1.29, 1.82) is 0 Å². The predicted octanol–water partition coefficient (Wildman–Crippen LogP) is 4.69. The second-order valence-corrected chi connectivity index (χ2v) is 9.29. The molecule has 0 amide bonds. The summed E-state index contributed by atoms with van der Waals surface area (Å²) in [6.07, 6.45) is -0.396. The minimum Gasteiger partial charge on any atom is -0.481 e. The smallest absolute Gasteiger partial charge is 0.153 e. The Labute approximate surface area is 211 Å². The van der Waals surface area contributed by atoms with Gasteiger partial charge in [-0.15, -0.1) is 0 Å². The fourth-order valence-electron chi connectivity index (χ4n) is 4.27. The number of benzene rings is 3. The molecule has 6 N–H and O–H groups in total. The zero-order chi connectivity index (χ0) is 25.2. The van der Waals surface area contributed by atoms with Gasteiger partial charge in [-0.1, -0.05) is 30.3 Å². The topological polar surface area (TPSA) is 119 Å². The quantitative estimate of drug-likeness (QED) is 0.386. The Hall–Kier alpha value is -4.04. The molecule has 2 aliphatic rings. The van der Waals surface area contributed by atoms with Gasteiger partial charge in [0.15, 0.2) is 12.2 Å². The largest absolute Gasteiger partial charge is 0.481 e. The van der Waals surface area contributed by atoms with E-state index in [-0.39, 0.29) is 18.2 Å². The van der Waals surface area contributed by atoms with Gasteiger partial charge in [0.1, 0.15) is 34.5 Å². The Kier molecular flexibility index (Phi) is 6.52. The van der Waals surface area contributed by atoms with Crippen molar-refractivity contribution in [3.8, 4) is 11.5 Å². The van der Waals surface area contributed by atoms with Crippen molar-refractivity contribution in [3.05, 3.63) is 77.4 Å². The third-order valence-electron chi connectivity index (χ3n) is 6.41. The summed E-state index contributed by atoms with van der Waals surface area (Å²) >= 11 is 0. The van der Waals surface area contributed by atoms with Gasteiger partial charge >= 0.3 is 0 Å². The molecule has 2 heterocycles. The van der Waals surface area contributed by atoms with E-state index in [4.69, 9.17) is 20.9 Å². The van der Waals surface area contributed by atoms with E-state index in [1.807, 2.05) is 44.2 Å². The summed E-state index contributed by atoms with van der Waals surface area (Å²) < 4.78 is 11.6. The van der Waals surface area contributed by atoms with Gasteiger partial charge in [-0.25, -0.2) is 9.98 Å². The lowest BCUT2D eigenvalue weighted by Gasteiger charge is -2.22. The molecule has 0 fully saturated rings. The molecule has 0 spiro atoms. The first-order valence-corrected chi connectivity index (χ1v) is 12.2. The van der Waals surface area contributed by atoms with Crippen LogP contribution < -0.4 is 31.6 Å². The van der Waals surface area contributed by atoms with Crippen molar-refractivity contribution in [2.75, 3.05) is 5.32 Å². The van der Waals surface area contributed by atoms with E-state index in [1.54, 1.807) is 0 Å². The molecular weight excluding hydrogens is 452 g/mol. The Balaban J connectivity index is 1.19. The third kappa shape index (κ3) is 5.13. The maximum atomic E-state index is 5.95. The number of aliphatic imine (C=N–C) groups is 2. The molecule has 0 bridgehead atoms. The van der Waals surface area contributed by atoms with Crippen molar-refractivity contribution >= 4 is 28.7 Å². The molecule has 0 saturated heterocycles. The number of ether oxygens (including phenoxy) is 2. The number of amidine groups is 2. The van der Waals surface area contributed by atoms with Gasteiger partial charge in [-0.05, 0) is 67.8 Å². The summed E-state index contributed by atoms with van der Waals surface area (Å²) in [5, 5.41) is 7.08. The Bertz CT molecular complexity index is 1340. The fourth-order valence-corrected chi connectivity index (χ4v) is 4.27. The van der Waals surface area contributed by atoms with Crippen molar-refractivity contribution in [2.45, 2.75) is 52.1 Å². The van der Waals surface area contributed by atoms with Crippen LogP contribution in [-0.2, 0) is 13.1 Å². The SMILES string of the molecule is CC1Oc2ccc(CNCc3cccc(C(C)Nc4ccc5c(c4)N=C(N)C(C)O5)c3)cc2N=C1N. The molecular formula is C28H32N6O2. The van der Waals surface area contributed by atoms with Crippen LogP contribution in [-0.4, -0.2) is 23.9 Å². The first kappa shape index (κ1) is 23.7. The number of fused-ring (bicyclic) bond motifs is 2. The van der Waals surface area contributed by atoms with E-state index >= 15 is 0 Å². The first-order valence-electron chi connectivity index (χ1n) is 12.2. The summed E-state index contributed by atoms with van der Waals surface area (Å²) in [6.45, 7) is 7.40. The van der Waals surface area contributed by atoms with E-state index in [9.17, 15) is 0 Å². The normalized spacial score (nSPS) is 19.1. The van der Waals surface area contributed by atoms with Crippen LogP contribution in [0.4, 0.5) is 17.1 Å². The summed E-state index contributed by atoms with van der Waals surface area (Å²) in [4.78, 5) is 8.94. The number of nitrogens with one attached hydrogen (secondary N) is 2. The van der Waals surface area contributed by atoms with Crippen LogP contribution in [0.5, 0.6) is 11.5 Å². The lowest BCUT2D eigenvalue weighted by atomic mass is 10.0. The standard InChI is InChI=1S/C28H32N6O2/c1-16(32-22-8-10-26-24(13-22)34-28(30)18(3)36-26)21-6-4-5-19(11-21)14-31-15-20-7-9-25-23(12-20)33-27(29)17(2)35-25/h4-13,16-18,31-32H,14-15H2,1-3H3,(H2,29,33)(H2,30,34). The predicted molar refractivity (Wildman–Crippen MR) is 145 cm³/mol. The van der Waals surface area contributed by atoms with Crippen molar-refractivity contribution in [2.24, 2.45) is 21.5 Å². The Morgan fingerprint density at radius 2 is 1.42 bits per heavy atom. The number of nitrogens with zero attached hydrogens (tertiary/aromatic N) is 2. The highest BCUT2D eigenvalue weighted by Crippen LogP contribution is 2.35. The van der Waals surface area contributed by atoms with Crippen LogP contribution in [0.15, 0.2) is 70.6 Å². The lowest BCUT2D eigenvalue weighted by molar-refractivity contribution is 0.281. The molecule has 8 heteroatoms. The van der Waals surface area contributed by atoms with Crippen molar-refractivity contribution < 1.29 is 9.47 Å². The number of anilines is 1. The van der Waals surface area contributed by atoms with Gasteiger partial charge in [-0.3, -0.25) is 0 Å². The Morgan fingerprint density at radius 1 is 0.806 bits per heavy atom. The minimum absolute atomic E-state index is 0.110. The molecule has 0 saturated carbocycles. The molecule has 3 atom stereocenters. The number of nitrogens with two attached hydrogens (primary N) is 2.